The molecule has 1 N–H and O–H groups in total. The van der Waals surface area contributed by atoms with Gasteiger partial charge >= 0.3 is 0 Å². The number of Topliss-reactive ketones (excluding diaryl/α,β-unsaturated/α-hetero) is 1. The Morgan fingerprint density at radius 2 is 2.21 bits per heavy atom. The molecule has 1 rings (SSSR count). The van der Waals surface area contributed by atoms with E-state index in [9.17, 15) is 9.59 Å². The van der Waals surface area contributed by atoms with E-state index in [4.69, 9.17) is 11.6 Å². The van der Waals surface area contributed by atoms with Crippen LogP contribution in [0.1, 0.15) is 17.3 Å². The summed E-state index contributed by atoms with van der Waals surface area (Å²) in [7, 11) is 0. The molecule has 0 aliphatic carbocycles. The molecule has 5 heteroatoms. The fraction of sp³-hybridized carbons (Fsp3) is 0.222. The Kier molecular flexibility index (Phi) is 3.59. The molecule has 0 aromatic carbocycles. The lowest BCUT2D eigenvalue weighted by Crippen LogP contribution is -2.28. The highest BCUT2D eigenvalue weighted by molar-refractivity contribution is 6.30. The van der Waals surface area contributed by atoms with E-state index in [1.165, 1.54) is 25.4 Å². The molecule has 0 atom stereocenters. The van der Waals surface area contributed by atoms with E-state index >= 15 is 0 Å². The lowest BCUT2D eigenvalue weighted by molar-refractivity contribution is -0.116. The van der Waals surface area contributed by atoms with Crippen LogP contribution in [0.3, 0.4) is 0 Å². The van der Waals surface area contributed by atoms with Gasteiger partial charge in [-0.05, 0) is 13.0 Å². The highest BCUT2D eigenvalue weighted by Gasteiger charge is 2.06. The van der Waals surface area contributed by atoms with E-state index in [1.54, 1.807) is 0 Å². The van der Waals surface area contributed by atoms with Crippen LogP contribution in [0, 0.1) is 0 Å². The molecule has 1 amide bonds. The number of carbonyl (C=O) groups excluding carboxylic acids is 2. The number of rotatable bonds is 3. The zero-order chi connectivity index (χ0) is 10.6. The number of amides is 1. The molecule has 14 heavy (non-hydrogen) atoms. The first kappa shape index (κ1) is 10.7. The molecular weight excluding hydrogens is 204 g/mol. The van der Waals surface area contributed by atoms with Gasteiger partial charge in [-0.1, -0.05) is 11.6 Å². The van der Waals surface area contributed by atoms with Crippen LogP contribution in [0.25, 0.3) is 0 Å². The number of nitrogens with one attached hydrogen (secondary N) is 1. The number of hydrogen-bond acceptors (Lipinski definition) is 3. The predicted octanol–water partition coefficient (Wildman–Crippen LogP) is 1.05. The topological polar surface area (TPSA) is 59.1 Å². The van der Waals surface area contributed by atoms with Crippen molar-refractivity contribution in [2.45, 2.75) is 6.92 Å². The number of carbonyl (C=O) groups is 2. The van der Waals surface area contributed by atoms with Crippen molar-refractivity contribution in [1.82, 2.24) is 10.3 Å². The second-order valence-corrected chi connectivity index (χ2v) is 3.21. The molecule has 74 valence electrons. The number of nitrogens with zero attached hydrogens (tertiary/aromatic N) is 1. The molecule has 1 aromatic heterocycles. The van der Waals surface area contributed by atoms with Gasteiger partial charge in [0.25, 0.3) is 5.91 Å². The van der Waals surface area contributed by atoms with Crippen LogP contribution in [-0.4, -0.2) is 23.2 Å². The van der Waals surface area contributed by atoms with Crippen molar-refractivity contribution in [1.29, 1.82) is 0 Å². The summed E-state index contributed by atoms with van der Waals surface area (Å²) in [5.74, 6) is -0.455. The summed E-state index contributed by atoms with van der Waals surface area (Å²) >= 11 is 5.64. The van der Waals surface area contributed by atoms with Crippen LogP contribution in [0.4, 0.5) is 0 Å². The normalized spacial score (nSPS) is 9.57. The number of pyridine rings is 1. The minimum Gasteiger partial charge on any atom is -0.345 e. The molecule has 1 heterocycles. The van der Waals surface area contributed by atoms with Gasteiger partial charge in [0.1, 0.15) is 5.78 Å². The maximum Gasteiger partial charge on any atom is 0.253 e. The lowest BCUT2D eigenvalue weighted by Gasteiger charge is -2.01. The van der Waals surface area contributed by atoms with Gasteiger partial charge < -0.3 is 5.32 Å². The van der Waals surface area contributed by atoms with Crippen molar-refractivity contribution in [3.8, 4) is 0 Å². The largest absolute Gasteiger partial charge is 0.345 e. The van der Waals surface area contributed by atoms with Gasteiger partial charge in [-0.2, -0.15) is 0 Å². The molecule has 0 fully saturated rings. The first-order valence-electron chi connectivity index (χ1n) is 3.98. The first-order valence-corrected chi connectivity index (χ1v) is 4.35. The van der Waals surface area contributed by atoms with Crippen LogP contribution in [0.2, 0.25) is 5.02 Å². The van der Waals surface area contributed by atoms with Gasteiger partial charge in [0.05, 0.1) is 17.1 Å². The van der Waals surface area contributed by atoms with E-state index in [1.807, 2.05) is 0 Å². The SMILES string of the molecule is CC(=O)CNC(=O)c1cncc(Cl)c1. The third-order valence-corrected chi connectivity index (χ3v) is 1.67. The minimum absolute atomic E-state index is 0.0192. The Labute approximate surface area is 86.3 Å². The van der Waals surface area contributed by atoms with Crippen molar-refractivity contribution < 1.29 is 9.59 Å². The molecule has 0 saturated heterocycles. The zero-order valence-electron chi connectivity index (χ0n) is 7.58. The van der Waals surface area contributed by atoms with Crippen molar-refractivity contribution in [2.24, 2.45) is 0 Å². The second kappa shape index (κ2) is 4.72. The fourth-order valence-corrected chi connectivity index (χ4v) is 1.02. The summed E-state index contributed by atoms with van der Waals surface area (Å²) in [6.45, 7) is 1.42. The van der Waals surface area contributed by atoms with Crippen LogP contribution in [0.15, 0.2) is 18.5 Å². The van der Waals surface area contributed by atoms with Gasteiger partial charge in [-0.3, -0.25) is 14.6 Å². The molecule has 0 bridgehead atoms. The zero-order valence-corrected chi connectivity index (χ0v) is 8.34. The maximum absolute atomic E-state index is 11.3. The van der Waals surface area contributed by atoms with E-state index in [0.717, 1.165) is 0 Å². The fourth-order valence-electron chi connectivity index (χ4n) is 0.843. The van der Waals surface area contributed by atoms with Crippen LogP contribution in [-0.2, 0) is 4.79 Å². The molecular formula is C9H9ClN2O2. The summed E-state index contributed by atoms with van der Waals surface area (Å²) in [4.78, 5) is 25.7. The highest BCUT2D eigenvalue weighted by Crippen LogP contribution is 2.07. The quantitative estimate of drug-likeness (QED) is 0.815. The highest BCUT2D eigenvalue weighted by atomic mass is 35.5. The monoisotopic (exact) mass is 212 g/mol. The van der Waals surface area contributed by atoms with Gasteiger partial charge in [0, 0.05) is 12.4 Å². The number of halogens is 1. The van der Waals surface area contributed by atoms with Gasteiger partial charge in [-0.15, -0.1) is 0 Å². The van der Waals surface area contributed by atoms with Gasteiger partial charge in [0.2, 0.25) is 0 Å². The summed E-state index contributed by atoms with van der Waals surface area (Å²) in [6, 6.07) is 1.49. The van der Waals surface area contributed by atoms with Crippen molar-refractivity contribution >= 4 is 23.3 Å². The Bertz CT molecular complexity index is 366. The average Bonchev–Trinajstić information content (AvgIpc) is 2.14. The Morgan fingerprint density at radius 1 is 1.50 bits per heavy atom. The van der Waals surface area contributed by atoms with Crippen LogP contribution < -0.4 is 5.32 Å². The Balaban J connectivity index is 2.65. The van der Waals surface area contributed by atoms with Crippen molar-refractivity contribution in [3.05, 3.63) is 29.0 Å². The van der Waals surface area contributed by atoms with E-state index in [0.29, 0.717) is 10.6 Å². The molecule has 0 unspecified atom stereocenters. The van der Waals surface area contributed by atoms with Crippen molar-refractivity contribution in [2.75, 3.05) is 6.54 Å². The predicted molar refractivity (Wildman–Crippen MR) is 52.3 cm³/mol. The molecule has 0 saturated carbocycles. The Morgan fingerprint density at radius 3 is 2.79 bits per heavy atom. The standard InChI is InChI=1S/C9H9ClN2O2/c1-6(13)3-12-9(14)7-2-8(10)5-11-4-7/h2,4-5H,3H2,1H3,(H,12,14). The number of aromatic nitrogens is 1. The summed E-state index contributed by atoms with van der Waals surface area (Å²) in [5.41, 5.74) is 0.346. The van der Waals surface area contributed by atoms with Crippen LogP contribution >= 0.6 is 11.6 Å². The molecule has 0 aliphatic rings. The molecule has 0 radical (unpaired) electrons. The third kappa shape index (κ3) is 3.14. The van der Waals surface area contributed by atoms with Gasteiger partial charge in [0.15, 0.2) is 0 Å². The van der Waals surface area contributed by atoms with Crippen LogP contribution in [0.5, 0.6) is 0 Å². The van der Waals surface area contributed by atoms with E-state index < -0.39 is 0 Å². The third-order valence-electron chi connectivity index (χ3n) is 1.46. The summed E-state index contributed by atoms with van der Waals surface area (Å²) in [6.07, 6.45) is 2.82. The molecule has 1 aromatic rings. The Hall–Kier alpha value is -1.42. The van der Waals surface area contributed by atoms with E-state index in [-0.39, 0.29) is 18.2 Å². The van der Waals surface area contributed by atoms with Gasteiger partial charge in [-0.25, -0.2) is 0 Å². The lowest BCUT2D eigenvalue weighted by atomic mass is 10.2. The number of ketones is 1. The van der Waals surface area contributed by atoms with Crippen molar-refractivity contribution in [3.63, 3.8) is 0 Å². The summed E-state index contributed by atoms with van der Waals surface area (Å²) in [5, 5.41) is 2.83. The second-order valence-electron chi connectivity index (χ2n) is 2.78. The molecule has 0 spiro atoms. The maximum atomic E-state index is 11.3. The smallest absolute Gasteiger partial charge is 0.253 e. The number of hydrogen-bond donors (Lipinski definition) is 1. The first-order chi connectivity index (χ1) is 6.59. The molecule has 0 aliphatic heterocycles. The minimum atomic E-state index is -0.352. The molecule has 4 nitrogen and oxygen atoms in total. The van der Waals surface area contributed by atoms with E-state index in [2.05, 4.69) is 10.3 Å². The average molecular weight is 213 g/mol. The summed E-state index contributed by atoms with van der Waals surface area (Å²) < 4.78 is 0.